The molecule has 0 saturated heterocycles. The lowest BCUT2D eigenvalue weighted by atomic mass is 9.87. The number of nitrogens with one attached hydrogen (secondary N) is 2. The molecule has 2 rings (SSSR count). The van der Waals surface area contributed by atoms with Crippen molar-refractivity contribution in [1.82, 2.24) is 5.32 Å². The maximum Gasteiger partial charge on any atom is 0.319 e. The third-order valence-corrected chi connectivity index (χ3v) is 3.56. The fourth-order valence-electron chi connectivity index (χ4n) is 2.60. The molecule has 100 valence electrons. The molecule has 1 aromatic rings. The zero-order valence-electron chi connectivity index (χ0n) is 11.3. The molecule has 0 bridgehead atoms. The number of carbonyl (C=O) groups is 1. The lowest BCUT2D eigenvalue weighted by Crippen LogP contribution is -2.40. The first-order valence-electron chi connectivity index (χ1n) is 6.81. The second-order valence-electron chi connectivity index (χ2n) is 5.29. The second-order valence-corrected chi connectivity index (χ2v) is 5.29. The van der Waals surface area contributed by atoms with E-state index in [1.807, 2.05) is 18.2 Å². The average molecular weight is 256 g/mol. The van der Waals surface area contributed by atoms with Crippen LogP contribution in [0.25, 0.3) is 0 Å². The van der Waals surface area contributed by atoms with E-state index in [2.05, 4.69) is 23.5 Å². The highest BCUT2D eigenvalue weighted by atomic mass is 16.2. The van der Waals surface area contributed by atoms with E-state index in [1.165, 1.54) is 12.8 Å². The van der Waals surface area contributed by atoms with Crippen LogP contribution >= 0.6 is 0 Å². The van der Waals surface area contributed by atoms with Gasteiger partial charge in [0.15, 0.2) is 0 Å². The summed E-state index contributed by atoms with van der Waals surface area (Å²) in [6.07, 6.45) is 9.94. The molecular formula is C16H20N2O. The van der Waals surface area contributed by atoms with Gasteiger partial charge in [0.25, 0.3) is 0 Å². The number of hydrogen-bond donors (Lipinski definition) is 2. The van der Waals surface area contributed by atoms with Gasteiger partial charge in [-0.25, -0.2) is 4.79 Å². The summed E-state index contributed by atoms with van der Waals surface area (Å²) >= 11 is 0. The van der Waals surface area contributed by atoms with Crippen molar-refractivity contribution < 1.29 is 4.79 Å². The Morgan fingerprint density at radius 1 is 1.42 bits per heavy atom. The molecule has 1 aliphatic carbocycles. The highest BCUT2D eigenvalue weighted by molar-refractivity contribution is 5.89. The zero-order chi connectivity index (χ0) is 13.7. The fourth-order valence-corrected chi connectivity index (χ4v) is 2.60. The molecule has 2 N–H and O–H groups in total. The van der Waals surface area contributed by atoms with Crippen LogP contribution in [-0.4, -0.2) is 12.1 Å². The van der Waals surface area contributed by atoms with E-state index in [0.717, 1.165) is 24.1 Å². The molecule has 2 atom stereocenters. The van der Waals surface area contributed by atoms with Crippen LogP contribution in [0.15, 0.2) is 24.3 Å². The van der Waals surface area contributed by atoms with E-state index in [1.54, 1.807) is 6.07 Å². The zero-order valence-corrected chi connectivity index (χ0v) is 11.3. The van der Waals surface area contributed by atoms with Crippen molar-refractivity contribution in [3.8, 4) is 12.3 Å². The molecule has 1 fully saturated rings. The number of carbonyl (C=O) groups excluding carboxylic acids is 1. The lowest BCUT2D eigenvalue weighted by molar-refractivity contribution is 0.238. The van der Waals surface area contributed by atoms with Crippen molar-refractivity contribution >= 4 is 11.7 Å². The Morgan fingerprint density at radius 3 is 3.00 bits per heavy atom. The van der Waals surface area contributed by atoms with E-state index in [9.17, 15) is 4.79 Å². The molecular weight excluding hydrogens is 236 g/mol. The second kappa shape index (κ2) is 6.29. The number of hydrogen-bond acceptors (Lipinski definition) is 1. The monoisotopic (exact) mass is 256 g/mol. The van der Waals surface area contributed by atoms with Crippen LogP contribution in [0.2, 0.25) is 0 Å². The smallest absolute Gasteiger partial charge is 0.319 e. The summed E-state index contributed by atoms with van der Waals surface area (Å²) in [6.45, 7) is 2.24. The molecule has 2 amide bonds. The number of anilines is 1. The lowest BCUT2D eigenvalue weighted by Gasteiger charge is -2.27. The SMILES string of the molecule is C#Cc1cccc(NC(=O)N[C@H]2CCC[C@H](C)C2)c1. The van der Waals surface area contributed by atoms with Gasteiger partial charge in [-0.1, -0.05) is 31.8 Å². The predicted molar refractivity (Wildman–Crippen MR) is 78.0 cm³/mol. The number of amides is 2. The molecule has 0 aliphatic heterocycles. The summed E-state index contributed by atoms with van der Waals surface area (Å²) in [6, 6.07) is 7.46. The number of benzene rings is 1. The first-order chi connectivity index (χ1) is 9.17. The molecule has 0 heterocycles. The molecule has 0 spiro atoms. The Bertz CT molecular complexity index is 490. The van der Waals surface area contributed by atoms with Crippen molar-refractivity contribution in [2.75, 3.05) is 5.32 Å². The van der Waals surface area contributed by atoms with Crippen molar-refractivity contribution in [2.45, 2.75) is 38.6 Å². The number of terminal acetylenes is 1. The Hall–Kier alpha value is -1.95. The summed E-state index contributed by atoms with van der Waals surface area (Å²) < 4.78 is 0. The van der Waals surface area contributed by atoms with Gasteiger partial charge in [-0.15, -0.1) is 6.42 Å². The quantitative estimate of drug-likeness (QED) is 0.783. The van der Waals surface area contributed by atoms with Gasteiger partial charge in [-0.3, -0.25) is 0 Å². The highest BCUT2D eigenvalue weighted by Gasteiger charge is 2.20. The summed E-state index contributed by atoms with van der Waals surface area (Å²) in [7, 11) is 0. The molecule has 1 aliphatic rings. The van der Waals surface area contributed by atoms with Gasteiger partial charge in [-0.2, -0.15) is 0 Å². The van der Waals surface area contributed by atoms with Gasteiger partial charge in [0.2, 0.25) is 0 Å². The molecule has 1 aromatic carbocycles. The maximum absolute atomic E-state index is 11.9. The van der Waals surface area contributed by atoms with Crippen LogP contribution in [-0.2, 0) is 0 Å². The van der Waals surface area contributed by atoms with E-state index in [-0.39, 0.29) is 6.03 Å². The molecule has 3 nitrogen and oxygen atoms in total. The Balaban J connectivity index is 1.88. The van der Waals surface area contributed by atoms with Gasteiger partial charge >= 0.3 is 6.03 Å². The number of urea groups is 1. The van der Waals surface area contributed by atoms with E-state index in [4.69, 9.17) is 6.42 Å². The molecule has 1 saturated carbocycles. The highest BCUT2D eigenvalue weighted by Crippen LogP contribution is 2.23. The summed E-state index contributed by atoms with van der Waals surface area (Å²) in [5.41, 5.74) is 1.50. The van der Waals surface area contributed by atoms with Crippen LogP contribution in [0.5, 0.6) is 0 Å². The third kappa shape index (κ3) is 4.03. The molecule has 3 heteroatoms. The van der Waals surface area contributed by atoms with Crippen molar-refractivity contribution in [2.24, 2.45) is 5.92 Å². The van der Waals surface area contributed by atoms with E-state index < -0.39 is 0 Å². The predicted octanol–water partition coefficient (Wildman–Crippen LogP) is 3.37. The van der Waals surface area contributed by atoms with Gasteiger partial charge in [0, 0.05) is 17.3 Å². The topological polar surface area (TPSA) is 41.1 Å². The van der Waals surface area contributed by atoms with E-state index in [0.29, 0.717) is 12.0 Å². The normalized spacial score (nSPS) is 22.3. The van der Waals surface area contributed by atoms with Gasteiger partial charge in [-0.05, 0) is 37.0 Å². The summed E-state index contributed by atoms with van der Waals surface area (Å²) in [5.74, 6) is 3.25. The van der Waals surface area contributed by atoms with Crippen molar-refractivity contribution in [3.05, 3.63) is 29.8 Å². The van der Waals surface area contributed by atoms with Crippen LogP contribution in [0, 0.1) is 18.3 Å². The summed E-state index contributed by atoms with van der Waals surface area (Å²) in [5, 5.41) is 5.87. The summed E-state index contributed by atoms with van der Waals surface area (Å²) in [4.78, 5) is 11.9. The number of rotatable bonds is 2. The standard InChI is InChI=1S/C16H20N2O/c1-3-13-7-5-9-15(11-13)18-16(19)17-14-8-4-6-12(2)10-14/h1,5,7,9,11-12,14H,4,6,8,10H2,2H3,(H2,17,18,19)/t12-,14-/m0/s1. The average Bonchev–Trinajstić information content (AvgIpc) is 2.38. The van der Waals surface area contributed by atoms with Crippen LogP contribution in [0.4, 0.5) is 10.5 Å². The van der Waals surface area contributed by atoms with Gasteiger partial charge in [0.1, 0.15) is 0 Å². The largest absolute Gasteiger partial charge is 0.335 e. The Morgan fingerprint density at radius 2 is 2.26 bits per heavy atom. The van der Waals surface area contributed by atoms with E-state index >= 15 is 0 Å². The first-order valence-corrected chi connectivity index (χ1v) is 6.81. The minimum absolute atomic E-state index is 0.145. The molecule has 0 unspecified atom stereocenters. The first kappa shape index (κ1) is 13.5. The van der Waals surface area contributed by atoms with Crippen LogP contribution < -0.4 is 10.6 Å². The van der Waals surface area contributed by atoms with Gasteiger partial charge < -0.3 is 10.6 Å². The van der Waals surface area contributed by atoms with Crippen LogP contribution in [0.1, 0.15) is 38.2 Å². The minimum atomic E-state index is -0.145. The third-order valence-electron chi connectivity index (χ3n) is 3.56. The van der Waals surface area contributed by atoms with Crippen molar-refractivity contribution in [1.29, 1.82) is 0 Å². The molecule has 0 radical (unpaired) electrons. The maximum atomic E-state index is 11.9. The Labute approximate surface area is 114 Å². The fraction of sp³-hybridized carbons (Fsp3) is 0.438. The Kier molecular flexibility index (Phi) is 4.46. The van der Waals surface area contributed by atoms with Crippen LogP contribution in [0.3, 0.4) is 0 Å². The molecule has 0 aromatic heterocycles. The molecule has 19 heavy (non-hydrogen) atoms. The minimum Gasteiger partial charge on any atom is -0.335 e. The van der Waals surface area contributed by atoms with Gasteiger partial charge in [0.05, 0.1) is 0 Å². The van der Waals surface area contributed by atoms with Crippen molar-refractivity contribution in [3.63, 3.8) is 0 Å².